The zero-order chi connectivity index (χ0) is 19.2. The molecule has 0 saturated carbocycles. The molecule has 150 valence electrons. The number of nitrogens with two attached hydrogens (primary N) is 1. The topological polar surface area (TPSA) is 89.2 Å². The van der Waals surface area contributed by atoms with Gasteiger partial charge in [-0.1, -0.05) is 24.3 Å². The monoisotopic (exact) mass is 496 g/mol. The summed E-state index contributed by atoms with van der Waals surface area (Å²) >= 11 is 0. The summed E-state index contributed by atoms with van der Waals surface area (Å²) in [6, 6.07) is 13.5. The highest BCUT2D eigenvalue weighted by Crippen LogP contribution is 2.29. The maximum atomic E-state index is 12.4. The van der Waals surface area contributed by atoms with Crippen molar-refractivity contribution in [3.8, 4) is 11.5 Å². The lowest BCUT2D eigenvalue weighted by atomic mass is 10.00. The summed E-state index contributed by atoms with van der Waals surface area (Å²) in [4.78, 5) is 18.4. The van der Waals surface area contributed by atoms with Crippen LogP contribution < -0.4 is 20.5 Å². The maximum absolute atomic E-state index is 12.4. The Morgan fingerprint density at radius 2 is 1.86 bits per heavy atom. The second kappa shape index (κ2) is 10.2. The van der Waals surface area contributed by atoms with Crippen molar-refractivity contribution < 1.29 is 14.3 Å². The number of rotatable bonds is 5. The van der Waals surface area contributed by atoms with Crippen LogP contribution in [0, 0.1) is 0 Å². The van der Waals surface area contributed by atoms with Crippen molar-refractivity contribution in [1.29, 1.82) is 0 Å². The number of hydrogen-bond donors (Lipinski definition) is 2. The molecule has 3 N–H and O–H groups in total. The van der Waals surface area contributed by atoms with Crippen LogP contribution in [-0.2, 0) is 17.8 Å². The number of carbonyl (C=O) groups is 1. The van der Waals surface area contributed by atoms with Crippen LogP contribution in [0.25, 0.3) is 0 Å². The summed E-state index contributed by atoms with van der Waals surface area (Å²) in [6.07, 6.45) is 0.866. The molecule has 0 spiro atoms. The van der Waals surface area contributed by atoms with E-state index in [0.29, 0.717) is 30.3 Å². The Morgan fingerprint density at radius 1 is 1.14 bits per heavy atom. The Kier molecular flexibility index (Phi) is 7.91. The minimum Gasteiger partial charge on any atom is -0.493 e. The number of benzene rings is 2. The van der Waals surface area contributed by atoms with E-state index < -0.39 is 0 Å². The van der Waals surface area contributed by atoms with Crippen LogP contribution in [0.4, 0.5) is 5.69 Å². The number of aliphatic imine (C=N–C) groups is 1. The molecular formula is C20H25IN4O3. The maximum Gasteiger partial charge on any atom is 0.244 e. The van der Waals surface area contributed by atoms with Gasteiger partial charge in [0.25, 0.3) is 0 Å². The second-order valence-electron chi connectivity index (χ2n) is 6.23. The number of amides is 1. The molecule has 1 aliphatic rings. The van der Waals surface area contributed by atoms with Crippen molar-refractivity contribution in [3.63, 3.8) is 0 Å². The molecule has 1 heterocycles. The van der Waals surface area contributed by atoms with Gasteiger partial charge < -0.3 is 25.4 Å². The Balaban J connectivity index is 0.00000280. The molecule has 1 amide bonds. The van der Waals surface area contributed by atoms with Crippen molar-refractivity contribution in [3.05, 3.63) is 53.6 Å². The van der Waals surface area contributed by atoms with Crippen LogP contribution in [0.3, 0.4) is 0 Å². The number of anilines is 1. The highest BCUT2D eigenvalue weighted by molar-refractivity contribution is 14.0. The van der Waals surface area contributed by atoms with Crippen molar-refractivity contribution in [1.82, 2.24) is 4.90 Å². The van der Waals surface area contributed by atoms with Crippen molar-refractivity contribution in [2.75, 3.05) is 32.6 Å². The number of fused-ring (bicyclic) bond motifs is 1. The number of guanidine groups is 1. The lowest BCUT2D eigenvalue weighted by Crippen LogP contribution is -2.38. The summed E-state index contributed by atoms with van der Waals surface area (Å²) in [5.41, 5.74) is 9.12. The van der Waals surface area contributed by atoms with Gasteiger partial charge in [-0.3, -0.25) is 4.79 Å². The Hall–Kier alpha value is -2.49. The molecule has 2 aromatic carbocycles. The molecular weight excluding hydrogens is 471 g/mol. The zero-order valence-corrected chi connectivity index (χ0v) is 18.3. The number of nitrogens with zero attached hydrogens (tertiary/aromatic N) is 2. The number of hydrogen-bond acceptors (Lipinski definition) is 4. The number of carbonyl (C=O) groups excluding carboxylic acids is 1. The van der Waals surface area contributed by atoms with Crippen LogP contribution in [0.5, 0.6) is 11.5 Å². The Labute approximate surface area is 181 Å². The fourth-order valence-corrected chi connectivity index (χ4v) is 3.06. The van der Waals surface area contributed by atoms with Crippen LogP contribution >= 0.6 is 24.0 Å². The first-order valence-electron chi connectivity index (χ1n) is 8.74. The lowest BCUT2D eigenvalue weighted by Gasteiger charge is -2.28. The van der Waals surface area contributed by atoms with Gasteiger partial charge in [0.05, 0.1) is 14.2 Å². The van der Waals surface area contributed by atoms with Crippen LogP contribution in [0.2, 0.25) is 0 Å². The molecule has 7 nitrogen and oxygen atoms in total. The van der Waals surface area contributed by atoms with Crippen LogP contribution in [-0.4, -0.2) is 44.1 Å². The smallest absolute Gasteiger partial charge is 0.244 e. The summed E-state index contributed by atoms with van der Waals surface area (Å²) in [7, 11) is 3.14. The summed E-state index contributed by atoms with van der Waals surface area (Å²) in [6.45, 7) is 1.33. The minimum atomic E-state index is -0.0402. The molecule has 3 rings (SSSR count). The molecule has 8 heteroatoms. The first-order valence-corrected chi connectivity index (χ1v) is 8.74. The summed E-state index contributed by atoms with van der Waals surface area (Å²) in [5.74, 6) is 1.34. The van der Waals surface area contributed by atoms with Crippen molar-refractivity contribution in [2.45, 2.75) is 13.0 Å². The van der Waals surface area contributed by atoms with Gasteiger partial charge in [-0.05, 0) is 29.7 Å². The third-order valence-electron chi connectivity index (χ3n) is 4.52. The highest BCUT2D eigenvalue weighted by Gasteiger charge is 2.19. The van der Waals surface area contributed by atoms with Gasteiger partial charge in [0.2, 0.25) is 5.91 Å². The fourth-order valence-electron chi connectivity index (χ4n) is 3.06. The molecule has 0 saturated heterocycles. The molecule has 0 aromatic heterocycles. The van der Waals surface area contributed by atoms with E-state index in [0.717, 1.165) is 6.42 Å². The van der Waals surface area contributed by atoms with E-state index in [2.05, 4.69) is 22.4 Å². The van der Waals surface area contributed by atoms with E-state index in [1.165, 1.54) is 11.1 Å². The molecule has 1 aliphatic heterocycles. The normalized spacial score (nSPS) is 13.2. The first-order chi connectivity index (χ1) is 13.1. The number of nitrogens with one attached hydrogen (secondary N) is 1. The SMILES string of the molecule is COc1ccc(NC(N)=NCC(=O)N2CCc3ccccc3C2)cc1OC.I. The summed E-state index contributed by atoms with van der Waals surface area (Å²) in [5, 5.41) is 2.96. The van der Waals surface area contributed by atoms with Crippen molar-refractivity contribution in [2.24, 2.45) is 10.7 Å². The van der Waals surface area contributed by atoms with Crippen LogP contribution in [0.1, 0.15) is 11.1 Å². The first kappa shape index (κ1) is 21.8. The standard InChI is InChI=1S/C20H24N4O3.HI/c1-26-17-8-7-16(11-18(17)27-2)23-20(21)22-12-19(25)24-10-9-14-5-3-4-6-15(14)13-24;/h3-8,11H,9-10,12-13H2,1-2H3,(H3,21,22,23);1H. The average molecular weight is 496 g/mol. The molecule has 28 heavy (non-hydrogen) atoms. The number of methoxy groups -OCH3 is 2. The van der Waals surface area contributed by atoms with Gasteiger partial charge in [-0.25, -0.2) is 4.99 Å². The van der Waals surface area contributed by atoms with Gasteiger partial charge >= 0.3 is 0 Å². The van der Waals surface area contributed by atoms with E-state index in [4.69, 9.17) is 15.2 Å². The minimum absolute atomic E-state index is 0. The molecule has 0 radical (unpaired) electrons. The quantitative estimate of drug-likeness (QED) is 0.378. The fraction of sp³-hybridized carbons (Fsp3) is 0.300. The third kappa shape index (κ3) is 5.28. The number of ether oxygens (including phenoxy) is 2. The van der Waals surface area contributed by atoms with Gasteiger partial charge in [0, 0.05) is 24.8 Å². The lowest BCUT2D eigenvalue weighted by molar-refractivity contribution is -0.130. The van der Waals surface area contributed by atoms with Crippen LogP contribution in [0.15, 0.2) is 47.5 Å². The molecule has 0 bridgehead atoms. The van der Waals surface area contributed by atoms with Gasteiger partial charge in [-0.15, -0.1) is 24.0 Å². The van der Waals surface area contributed by atoms with Gasteiger partial charge in [0.15, 0.2) is 17.5 Å². The molecule has 0 atom stereocenters. The van der Waals surface area contributed by atoms with E-state index in [-0.39, 0.29) is 42.4 Å². The largest absolute Gasteiger partial charge is 0.493 e. The Bertz CT molecular complexity index is 857. The highest BCUT2D eigenvalue weighted by atomic mass is 127. The van der Waals surface area contributed by atoms with E-state index in [1.54, 1.807) is 32.4 Å². The van der Waals surface area contributed by atoms with Crippen molar-refractivity contribution >= 4 is 41.5 Å². The van der Waals surface area contributed by atoms with E-state index in [9.17, 15) is 4.79 Å². The zero-order valence-electron chi connectivity index (χ0n) is 16.0. The summed E-state index contributed by atoms with van der Waals surface area (Å²) < 4.78 is 10.5. The average Bonchev–Trinajstić information content (AvgIpc) is 2.71. The van der Waals surface area contributed by atoms with E-state index >= 15 is 0 Å². The number of halogens is 1. The van der Waals surface area contributed by atoms with Gasteiger partial charge in [-0.2, -0.15) is 0 Å². The predicted octanol–water partition coefficient (Wildman–Crippen LogP) is 2.63. The van der Waals surface area contributed by atoms with E-state index in [1.807, 2.05) is 17.0 Å². The molecule has 0 fully saturated rings. The second-order valence-corrected chi connectivity index (χ2v) is 6.23. The third-order valence-corrected chi connectivity index (χ3v) is 4.52. The predicted molar refractivity (Wildman–Crippen MR) is 121 cm³/mol. The molecule has 2 aromatic rings. The molecule has 0 aliphatic carbocycles. The Morgan fingerprint density at radius 3 is 2.57 bits per heavy atom. The molecule has 0 unspecified atom stereocenters. The van der Waals surface area contributed by atoms with Gasteiger partial charge in [0.1, 0.15) is 6.54 Å².